The molecule has 1 amide bonds. The van der Waals surface area contributed by atoms with Gasteiger partial charge in [-0.25, -0.2) is 0 Å². The number of hydrogen-bond acceptors (Lipinski definition) is 5. The van der Waals surface area contributed by atoms with Crippen molar-refractivity contribution in [3.05, 3.63) is 69.8 Å². The van der Waals surface area contributed by atoms with E-state index in [-0.39, 0.29) is 23.2 Å². The molecule has 0 aromatic heterocycles. The van der Waals surface area contributed by atoms with E-state index < -0.39 is 4.92 Å². The van der Waals surface area contributed by atoms with Crippen molar-refractivity contribution in [3.63, 3.8) is 0 Å². The van der Waals surface area contributed by atoms with Gasteiger partial charge in [0.05, 0.1) is 24.7 Å². The van der Waals surface area contributed by atoms with Crippen LogP contribution in [0, 0.1) is 10.1 Å². The van der Waals surface area contributed by atoms with Crippen molar-refractivity contribution in [2.24, 2.45) is 0 Å². The van der Waals surface area contributed by atoms with Gasteiger partial charge in [-0.3, -0.25) is 14.9 Å². The first kappa shape index (κ1) is 20.8. The summed E-state index contributed by atoms with van der Waals surface area (Å²) in [6.45, 7) is 3.57. The number of nitro benzene ring substituents is 1. The summed E-state index contributed by atoms with van der Waals surface area (Å²) in [5, 5.41) is 13.9. The fourth-order valence-corrected chi connectivity index (χ4v) is 3.54. The number of anilines is 1. The van der Waals surface area contributed by atoms with E-state index in [9.17, 15) is 14.9 Å². The standard InChI is InChI=1S/C21H26N4O4/c1-23(2)18-8-6-16(7-9-18)20(24-10-12-29-13-11-24)15-22-21(26)17-4-3-5-19(14-17)25(27)28/h3-9,14,20H,10-13,15H2,1-2H3,(H,22,26)/p+1/t20-/m0/s1. The molecule has 154 valence electrons. The fourth-order valence-electron chi connectivity index (χ4n) is 3.54. The van der Waals surface area contributed by atoms with E-state index in [1.807, 2.05) is 19.0 Å². The molecule has 1 fully saturated rings. The summed E-state index contributed by atoms with van der Waals surface area (Å²) in [5.74, 6) is -0.309. The number of hydrogen-bond donors (Lipinski definition) is 2. The second-order valence-electron chi connectivity index (χ2n) is 7.33. The molecule has 3 rings (SSSR count). The number of nitro groups is 1. The molecular formula is C21H27N4O4+. The Morgan fingerprint density at radius 1 is 1.21 bits per heavy atom. The van der Waals surface area contributed by atoms with Crippen LogP contribution in [0.5, 0.6) is 0 Å². The number of benzene rings is 2. The van der Waals surface area contributed by atoms with E-state index in [2.05, 4.69) is 29.6 Å². The molecule has 0 aliphatic carbocycles. The fraction of sp³-hybridized carbons (Fsp3) is 0.381. The van der Waals surface area contributed by atoms with E-state index in [0.29, 0.717) is 19.8 Å². The average molecular weight is 399 g/mol. The molecule has 0 radical (unpaired) electrons. The minimum absolute atomic E-state index is 0.0813. The molecule has 2 N–H and O–H groups in total. The van der Waals surface area contributed by atoms with E-state index >= 15 is 0 Å². The highest BCUT2D eigenvalue weighted by atomic mass is 16.6. The van der Waals surface area contributed by atoms with Crippen LogP contribution in [0.15, 0.2) is 48.5 Å². The predicted octanol–water partition coefficient (Wildman–Crippen LogP) is 1.05. The van der Waals surface area contributed by atoms with Gasteiger partial charge >= 0.3 is 0 Å². The van der Waals surface area contributed by atoms with Crippen molar-refractivity contribution in [1.82, 2.24) is 5.32 Å². The highest BCUT2D eigenvalue weighted by Crippen LogP contribution is 2.17. The van der Waals surface area contributed by atoms with Crippen molar-refractivity contribution in [1.29, 1.82) is 0 Å². The summed E-state index contributed by atoms with van der Waals surface area (Å²) in [6.07, 6.45) is 0. The summed E-state index contributed by atoms with van der Waals surface area (Å²) in [7, 11) is 4.00. The lowest BCUT2D eigenvalue weighted by molar-refractivity contribution is -0.937. The van der Waals surface area contributed by atoms with Gasteiger partial charge in [0.1, 0.15) is 19.1 Å². The molecule has 0 unspecified atom stereocenters. The highest BCUT2D eigenvalue weighted by molar-refractivity contribution is 5.94. The first-order chi connectivity index (χ1) is 14.0. The van der Waals surface area contributed by atoms with Crippen LogP contribution in [0.3, 0.4) is 0 Å². The van der Waals surface area contributed by atoms with Gasteiger partial charge in [0.15, 0.2) is 0 Å². The zero-order valence-corrected chi connectivity index (χ0v) is 16.8. The van der Waals surface area contributed by atoms with Gasteiger partial charge in [-0.15, -0.1) is 0 Å². The van der Waals surface area contributed by atoms with Crippen LogP contribution in [0.1, 0.15) is 22.0 Å². The van der Waals surface area contributed by atoms with Gasteiger partial charge in [0.2, 0.25) is 0 Å². The van der Waals surface area contributed by atoms with Crippen molar-refractivity contribution in [2.75, 3.05) is 51.8 Å². The van der Waals surface area contributed by atoms with Crippen LogP contribution in [-0.4, -0.2) is 57.8 Å². The minimum atomic E-state index is -0.496. The van der Waals surface area contributed by atoms with E-state index in [1.165, 1.54) is 23.1 Å². The van der Waals surface area contributed by atoms with Gasteiger partial charge < -0.3 is 19.9 Å². The number of rotatable bonds is 7. The lowest BCUT2D eigenvalue weighted by Crippen LogP contribution is -3.15. The Morgan fingerprint density at radius 2 is 1.90 bits per heavy atom. The molecule has 1 aliphatic rings. The largest absolute Gasteiger partial charge is 0.378 e. The molecule has 1 atom stereocenters. The lowest BCUT2D eigenvalue weighted by atomic mass is 10.0. The van der Waals surface area contributed by atoms with E-state index in [4.69, 9.17) is 4.74 Å². The molecule has 0 saturated carbocycles. The van der Waals surface area contributed by atoms with Crippen LogP contribution in [0.4, 0.5) is 11.4 Å². The molecule has 1 heterocycles. The molecule has 8 nitrogen and oxygen atoms in total. The maximum atomic E-state index is 12.6. The number of carbonyl (C=O) groups is 1. The number of nitrogens with one attached hydrogen (secondary N) is 2. The summed E-state index contributed by atoms with van der Waals surface area (Å²) < 4.78 is 5.49. The third-order valence-electron chi connectivity index (χ3n) is 5.23. The van der Waals surface area contributed by atoms with Crippen molar-refractivity contribution < 1.29 is 19.4 Å². The van der Waals surface area contributed by atoms with Gasteiger partial charge in [-0.2, -0.15) is 0 Å². The van der Waals surface area contributed by atoms with Crippen molar-refractivity contribution in [3.8, 4) is 0 Å². The van der Waals surface area contributed by atoms with Gasteiger partial charge in [0, 0.05) is 43.0 Å². The zero-order chi connectivity index (χ0) is 20.8. The Kier molecular flexibility index (Phi) is 6.79. The Bertz CT molecular complexity index is 848. The van der Waals surface area contributed by atoms with Crippen molar-refractivity contribution in [2.45, 2.75) is 6.04 Å². The number of morpholine rings is 1. The summed E-state index contributed by atoms with van der Waals surface area (Å²) in [4.78, 5) is 26.5. The number of ether oxygens (including phenoxy) is 1. The van der Waals surface area contributed by atoms with Crippen LogP contribution >= 0.6 is 0 Å². The second kappa shape index (κ2) is 9.49. The second-order valence-corrected chi connectivity index (χ2v) is 7.33. The minimum Gasteiger partial charge on any atom is -0.378 e. The quantitative estimate of drug-likeness (QED) is 0.537. The Morgan fingerprint density at radius 3 is 2.52 bits per heavy atom. The van der Waals surface area contributed by atoms with Gasteiger partial charge in [0.25, 0.3) is 11.6 Å². The number of quaternary nitrogens is 1. The first-order valence-electron chi connectivity index (χ1n) is 9.68. The van der Waals surface area contributed by atoms with Gasteiger partial charge in [-0.05, 0) is 18.2 Å². The van der Waals surface area contributed by atoms with Gasteiger partial charge in [-0.1, -0.05) is 18.2 Å². The highest BCUT2D eigenvalue weighted by Gasteiger charge is 2.27. The maximum Gasteiger partial charge on any atom is 0.270 e. The lowest BCUT2D eigenvalue weighted by Gasteiger charge is -2.32. The van der Waals surface area contributed by atoms with Crippen LogP contribution in [0.2, 0.25) is 0 Å². The summed E-state index contributed by atoms with van der Waals surface area (Å²) in [5.41, 5.74) is 2.46. The SMILES string of the molecule is CN(C)c1ccc([C@H](CNC(=O)c2cccc([N+](=O)[O-])c2)[NH+]2CCOCC2)cc1. The molecule has 0 spiro atoms. The molecule has 2 aromatic carbocycles. The normalized spacial score (nSPS) is 15.5. The van der Waals surface area contributed by atoms with Crippen molar-refractivity contribution >= 4 is 17.3 Å². The molecule has 0 bridgehead atoms. The smallest absolute Gasteiger partial charge is 0.270 e. The van der Waals surface area contributed by atoms with Crippen LogP contribution < -0.4 is 15.1 Å². The molecule has 1 saturated heterocycles. The summed E-state index contributed by atoms with van der Waals surface area (Å²) >= 11 is 0. The number of amides is 1. The van der Waals surface area contributed by atoms with Crippen LogP contribution in [0.25, 0.3) is 0 Å². The van der Waals surface area contributed by atoms with Crippen LogP contribution in [-0.2, 0) is 4.74 Å². The topological polar surface area (TPSA) is 89.2 Å². The molecule has 8 heteroatoms. The number of carbonyl (C=O) groups excluding carboxylic acids is 1. The molecule has 29 heavy (non-hydrogen) atoms. The molecular weight excluding hydrogens is 372 g/mol. The Balaban J connectivity index is 1.75. The van der Waals surface area contributed by atoms with E-state index in [1.54, 1.807) is 6.07 Å². The number of nitrogens with zero attached hydrogens (tertiary/aromatic N) is 2. The first-order valence-corrected chi connectivity index (χ1v) is 9.68. The molecule has 2 aromatic rings. The average Bonchev–Trinajstić information content (AvgIpc) is 2.75. The third-order valence-corrected chi connectivity index (χ3v) is 5.23. The summed E-state index contributed by atoms with van der Waals surface area (Å²) in [6, 6.07) is 14.2. The monoisotopic (exact) mass is 399 g/mol. The maximum absolute atomic E-state index is 12.6. The number of non-ortho nitro benzene ring substituents is 1. The Hall–Kier alpha value is -2.97. The third kappa shape index (κ3) is 5.30. The predicted molar refractivity (Wildman–Crippen MR) is 110 cm³/mol. The Labute approximate surface area is 170 Å². The molecule has 1 aliphatic heterocycles. The van der Waals surface area contributed by atoms with E-state index in [0.717, 1.165) is 24.3 Å². The zero-order valence-electron chi connectivity index (χ0n) is 16.8.